The number of rotatable bonds is 8. The molecule has 1 aromatic heterocycles. The van der Waals surface area contributed by atoms with Crippen molar-refractivity contribution in [2.45, 2.75) is 58.2 Å². The number of ether oxygens (including phenoxy) is 5. The summed E-state index contributed by atoms with van der Waals surface area (Å²) in [5.41, 5.74) is 2.12. The minimum absolute atomic E-state index is 0.109. The predicted octanol–water partition coefficient (Wildman–Crippen LogP) is 2.27. The molecule has 0 saturated carbocycles. The highest BCUT2D eigenvalue weighted by Crippen LogP contribution is 2.27. The molecule has 1 N–H and O–H groups in total. The predicted molar refractivity (Wildman–Crippen MR) is 109 cm³/mol. The molecule has 0 unspecified atom stereocenters. The summed E-state index contributed by atoms with van der Waals surface area (Å²) < 4.78 is 27.5. The van der Waals surface area contributed by atoms with Gasteiger partial charge in [0.2, 0.25) is 0 Å². The summed E-state index contributed by atoms with van der Waals surface area (Å²) in [4.78, 5) is 37.5. The summed E-state index contributed by atoms with van der Waals surface area (Å²) in [7, 11) is 0. The first kappa shape index (κ1) is 22.8. The highest BCUT2D eigenvalue weighted by molar-refractivity contribution is 5.83. The minimum atomic E-state index is -0.888. The molecule has 2 heterocycles. The first-order valence-electron chi connectivity index (χ1n) is 10.1. The molecule has 9 heteroatoms. The van der Waals surface area contributed by atoms with Crippen molar-refractivity contribution in [2.75, 3.05) is 13.2 Å². The molecule has 3 rings (SSSR count). The zero-order valence-electron chi connectivity index (χ0n) is 17.8. The van der Waals surface area contributed by atoms with E-state index in [0.29, 0.717) is 13.0 Å². The van der Waals surface area contributed by atoms with E-state index in [9.17, 15) is 14.4 Å². The lowest BCUT2D eigenvalue weighted by Crippen LogP contribution is -2.53. The molecule has 1 aliphatic heterocycles. The van der Waals surface area contributed by atoms with Crippen LogP contribution in [-0.2, 0) is 44.5 Å². The van der Waals surface area contributed by atoms with Gasteiger partial charge in [-0.3, -0.25) is 14.4 Å². The van der Waals surface area contributed by atoms with Gasteiger partial charge in [0.15, 0.2) is 12.4 Å². The number of carbonyl (C=O) groups excluding carboxylic acids is 3. The Balaban J connectivity index is 1.67. The first-order valence-corrected chi connectivity index (χ1v) is 10.1. The van der Waals surface area contributed by atoms with Crippen molar-refractivity contribution in [3.8, 4) is 0 Å². The lowest BCUT2D eigenvalue weighted by Gasteiger charge is -2.39. The lowest BCUT2D eigenvalue weighted by atomic mass is 10.0. The number of nitrogens with one attached hydrogen (secondary N) is 1. The van der Waals surface area contributed by atoms with Crippen LogP contribution < -0.4 is 0 Å². The Kier molecular flexibility index (Phi) is 7.64. The van der Waals surface area contributed by atoms with Gasteiger partial charge in [-0.15, -0.1) is 0 Å². The summed E-state index contributed by atoms with van der Waals surface area (Å²) in [5.74, 6) is -1.50. The first-order chi connectivity index (χ1) is 14.8. The Bertz CT molecular complexity index is 923. The summed E-state index contributed by atoms with van der Waals surface area (Å²) >= 11 is 0. The number of para-hydroxylation sites is 1. The molecule has 2 aromatic rings. The van der Waals surface area contributed by atoms with Gasteiger partial charge >= 0.3 is 17.9 Å². The molecule has 0 radical (unpaired) electrons. The Morgan fingerprint density at radius 2 is 1.74 bits per heavy atom. The van der Waals surface area contributed by atoms with Crippen molar-refractivity contribution in [1.29, 1.82) is 0 Å². The van der Waals surface area contributed by atoms with E-state index in [2.05, 4.69) is 4.98 Å². The van der Waals surface area contributed by atoms with Crippen molar-refractivity contribution < 1.29 is 38.1 Å². The average Bonchev–Trinajstić information content (AvgIpc) is 3.11. The van der Waals surface area contributed by atoms with Gasteiger partial charge in [-0.1, -0.05) is 18.2 Å². The molecule has 1 aliphatic rings. The van der Waals surface area contributed by atoms with E-state index in [0.717, 1.165) is 16.5 Å². The standard InChI is InChI=1S/C22H27NO8/c1-13(24)28-12-21-19(29-14(2)25)10-20(30-15(3)26)22(31-21)27-9-8-16-11-23-18-7-5-4-6-17(16)18/h4-7,11,19-23H,8-10,12H2,1-3H3/t19-,20+,21+,22+/m0/s1. The average molecular weight is 433 g/mol. The number of fused-ring (bicyclic) bond motifs is 1. The number of hydrogen-bond donors (Lipinski definition) is 1. The summed E-state index contributed by atoms with van der Waals surface area (Å²) in [6, 6.07) is 7.95. The van der Waals surface area contributed by atoms with Crippen molar-refractivity contribution >= 4 is 28.8 Å². The van der Waals surface area contributed by atoms with E-state index < -0.39 is 42.5 Å². The molecule has 9 nitrogen and oxygen atoms in total. The number of aromatic amines is 1. The largest absolute Gasteiger partial charge is 0.463 e. The van der Waals surface area contributed by atoms with Crippen LogP contribution in [0, 0.1) is 0 Å². The zero-order valence-corrected chi connectivity index (χ0v) is 17.8. The van der Waals surface area contributed by atoms with Gasteiger partial charge in [0.1, 0.15) is 18.8 Å². The second-order valence-corrected chi connectivity index (χ2v) is 7.36. The van der Waals surface area contributed by atoms with Gasteiger partial charge in [0.05, 0.1) is 6.61 Å². The molecule has 0 amide bonds. The van der Waals surface area contributed by atoms with E-state index in [1.54, 1.807) is 0 Å². The van der Waals surface area contributed by atoms with Gasteiger partial charge in [0, 0.05) is 44.3 Å². The minimum Gasteiger partial charge on any atom is -0.463 e. The van der Waals surface area contributed by atoms with Gasteiger partial charge < -0.3 is 28.7 Å². The van der Waals surface area contributed by atoms with Crippen molar-refractivity contribution in [3.05, 3.63) is 36.0 Å². The number of carbonyl (C=O) groups is 3. The Labute approximate surface area is 179 Å². The number of H-pyrrole nitrogens is 1. The molecule has 0 spiro atoms. The van der Waals surface area contributed by atoms with E-state index >= 15 is 0 Å². The van der Waals surface area contributed by atoms with Crippen LogP contribution in [0.15, 0.2) is 30.5 Å². The fourth-order valence-electron chi connectivity index (χ4n) is 3.61. The van der Waals surface area contributed by atoms with Gasteiger partial charge in [-0.05, 0) is 18.1 Å². The molecule has 0 aliphatic carbocycles. The maximum absolute atomic E-state index is 11.6. The van der Waals surface area contributed by atoms with E-state index in [1.807, 2.05) is 30.5 Å². The van der Waals surface area contributed by atoms with E-state index in [1.165, 1.54) is 20.8 Å². The third-order valence-corrected chi connectivity index (χ3v) is 4.91. The third-order valence-electron chi connectivity index (χ3n) is 4.91. The molecule has 1 saturated heterocycles. The monoisotopic (exact) mass is 433 g/mol. The summed E-state index contributed by atoms with van der Waals surface area (Å²) in [6.45, 7) is 4.04. The Morgan fingerprint density at radius 3 is 2.45 bits per heavy atom. The Hall–Kier alpha value is -2.91. The van der Waals surface area contributed by atoms with Gasteiger partial charge in [-0.25, -0.2) is 0 Å². The molecule has 1 aromatic carbocycles. The number of benzene rings is 1. The SMILES string of the molecule is CC(=O)OC[C@H]1O[C@@H](OCCc2c[nH]c3ccccc23)[C@H](OC(C)=O)C[C@@H]1OC(C)=O. The van der Waals surface area contributed by atoms with Gasteiger partial charge in [0.25, 0.3) is 0 Å². The Morgan fingerprint density at radius 1 is 1.03 bits per heavy atom. The van der Waals surface area contributed by atoms with Crippen LogP contribution in [0.4, 0.5) is 0 Å². The van der Waals surface area contributed by atoms with Crippen LogP contribution in [0.2, 0.25) is 0 Å². The molecule has 4 atom stereocenters. The summed E-state index contributed by atoms with van der Waals surface area (Å²) in [6.07, 6.45) is -0.423. The second-order valence-electron chi connectivity index (χ2n) is 7.36. The van der Waals surface area contributed by atoms with Crippen LogP contribution in [0.25, 0.3) is 10.9 Å². The van der Waals surface area contributed by atoms with Crippen molar-refractivity contribution in [3.63, 3.8) is 0 Å². The quantitative estimate of drug-likeness (QED) is 0.498. The smallest absolute Gasteiger partial charge is 0.303 e. The van der Waals surface area contributed by atoms with E-state index in [-0.39, 0.29) is 13.0 Å². The van der Waals surface area contributed by atoms with Crippen molar-refractivity contribution in [1.82, 2.24) is 4.98 Å². The van der Waals surface area contributed by atoms with Crippen LogP contribution in [-0.4, -0.2) is 60.7 Å². The third kappa shape index (κ3) is 6.28. The summed E-state index contributed by atoms with van der Waals surface area (Å²) in [5, 5.41) is 1.11. The van der Waals surface area contributed by atoms with Crippen LogP contribution >= 0.6 is 0 Å². The topological polar surface area (TPSA) is 113 Å². The van der Waals surface area contributed by atoms with Gasteiger partial charge in [-0.2, -0.15) is 0 Å². The zero-order chi connectivity index (χ0) is 22.4. The molecular formula is C22H27NO8. The van der Waals surface area contributed by atoms with Crippen molar-refractivity contribution in [2.24, 2.45) is 0 Å². The fourth-order valence-corrected chi connectivity index (χ4v) is 3.61. The maximum Gasteiger partial charge on any atom is 0.303 e. The fraction of sp³-hybridized carbons (Fsp3) is 0.500. The molecule has 0 bridgehead atoms. The van der Waals surface area contributed by atoms with E-state index in [4.69, 9.17) is 23.7 Å². The normalized spacial score (nSPS) is 23.3. The maximum atomic E-state index is 11.6. The molecule has 31 heavy (non-hydrogen) atoms. The highest BCUT2D eigenvalue weighted by atomic mass is 16.7. The lowest BCUT2D eigenvalue weighted by molar-refractivity contribution is -0.277. The second kappa shape index (κ2) is 10.4. The molecular weight excluding hydrogens is 406 g/mol. The van der Waals surface area contributed by atoms with Crippen LogP contribution in [0.5, 0.6) is 0 Å². The van der Waals surface area contributed by atoms with Crippen LogP contribution in [0.3, 0.4) is 0 Å². The highest BCUT2D eigenvalue weighted by Gasteiger charge is 2.42. The number of aromatic nitrogens is 1. The molecule has 1 fully saturated rings. The number of esters is 3. The number of hydrogen-bond acceptors (Lipinski definition) is 8. The molecule has 168 valence electrons. The van der Waals surface area contributed by atoms with Crippen LogP contribution in [0.1, 0.15) is 32.8 Å².